The molecular formula is C5H9N3O2S. The molecule has 1 aromatic rings. The third-order valence-corrected chi connectivity index (χ3v) is 2.23. The average molecular weight is 175 g/mol. The van der Waals surface area contributed by atoms with Crippen LogP contribution in [0.3, 0.4) is 0 Å². The molecular weight excluding hydrogens is 166 g/mol. The third kappa shape index (κ3) is 1.51. The minimum Gasteiger partial charge on any atom is -0.384 e. The van der Waals surface area contributed by atoms with E-state index in [2.05, 4.69) is 5.10 Å². The molecule has 0 fully saturated rings. The Bertz CT molecular complexity index is 346. The number of hydrogen-bond donors (Lipinski definition) is 1. The van der Waals surface area contributed by atoms with Gasteiger partial charge >= 0.3 is 0 Å². The van der Waals surface area contributed by atoms with Crippen LogP contribution in [-0.2, 0) is 16.9 Å². The molecule has 0 saturated heterocycles. The van der Waals surface area contributed by atoms with Gasteiger partial charge in [-0.1, -0.05) is 0 Å². The van der Waals surface area contributed by atoms with Crippen LogP contribution in [0.2, 0.25) is 0 Å². The van der Waals surface area contributed by atoms with Gasteiger partial charge in [0.25, 0.3) is 0 Å². The summed E-state index contributed by atoms with van der Waals surface area (Å²) in [6.45, 7) is 0. The fourth-order valence-electron chi connectivity index (χ4n) is 0.636. The lowest BCUT2D eigenvalue weighted by Crippen LogP contribution is -2.00. The Balaban J connectivity index is 3.29. The molecule has 0 saturated carbocycles. The van der Waals surface area contributed by atoms with Gasteiger partial charge in [-0.05, 0) is 0 Å². The maximum absolute atomic E-state index is 10.9. The summed E-state index contributed by atoms with van der Waals surface area (Å²) >= 11 is 0. The van der Waals surface area contributed by atoms with Gasteiger partial charge in [0.15, 0.2) is 14.9 Å². The molecule has 0 aliphatic rings. The van der Waals surface area contributed by atoms with Crippen LogP contribution in [0.4, 0.5) is 5.82 Å². The van der Waals surface area contributed by atoms with Gasteiger partial charge in [0, 0.05) is 19.4 Å². The van der Waals surface area contributed by atoms with Crippen molar-refractivity contribution in [2.45, 2.75) is 5.03 Å². The second-order valence-electron chi connectivity index (χ2n) is 2.30. The van der Waals surface area contributed by atoms with E-state index in [1.807, 2.05) is 0 Å². The van der Waals surface area contributed by atoms with Crippen LogP contribution in [0.15, 0.2) is 11.1 Å². The zero-order valence-corrected chi connectivity index (χ0v) is 7.09. The second-order valence-corrected chi connectivity index (χ2v) is 4.27. The van der Waals surface area contributed by atoms with Crippen molar-refractivity contribution in [2.75, 3.05) is 12.0 Å². The smallest absolute Gasteiger partial charge is 0.194 e. The standard InChI is InChI=1S/C5H9N3O2S/c1-8-4(6)3-5(7-8)11(2,9)10/h3H,6H2,1-2H3. The van der Waals surface area contributed by atoms with Gasteiger partial charge in [-0.3, -0.25) is 4.68 Å². The summed E-state index contributed by atoms with van der Waals surface area (Å²) in [5.41, 5.74) is 5.37. The predicted molar refractivity (Wildman–Crippen MR) is 40.7 cm³/mol. The molecule has 1 aromatic heterocycles. The molecule has 2 N–H and O–H groups in total. The number of nitrogens with zero attached hydrogens (tertiary/aromatic N) is 2. The van der Waals surface area contributed by atoms with E-state index in [9.17, 15) is 8.42 Å². The van der Waals surface area contributed by atoms with E-state index >= 15 is 0 Å². The van der Waals surface area contributed by atoms with E-state index in [1.165, 1.54) is 10.7 Å². The first-order valence-electron chi connectivity index (χ1n) is 2.91. The molecule has 5 nitrogen and oxygen atoms in total. The molecule has 6 heteroatoms. The topological polar surface area (TPSA) is 78.0 Å². The number of sulfone groups is 1. The first-order chi connectivity index (χ1) is 4.91. The molecule has 0 bridgehead atoms. The minimum atomic E-state index is -3.22. The molecule has 0 amide bonds. The van der Waals surface area contributed by atoms with Crippen LogP contribution in [0.25, 0.3) is 0 Å². The van der Waals surface area contributed by atoms with Crippen molar-refractivity contribution in [3.8, 4) is 0 Å². The van der Waals surface area contributed by atoms with Crippen molar-refractivity contribution in [1.29, 1.82) is 0 Å². The van der Waals surface area contributed by atoms with Gasteiger partial charge in [-0.15, -0.1) is 0 Å². The normalized spacial score (nSPS) is 11.8. The fourth-order valence-corrected chi connectivity index (χ4v) is 1.24. The van der Waals surface area contributed by atoms with Crippen LogP contribution in [0.5, 0.6) is 0 Å². The van der Waals surface area contributed by atoms with E-state index in [0.717, 1.165) is 6.26 Å². The molecule has 0 atom stereocenters. The highest BCUT2D eigenvalue weighted by Gasteiger charge is 2.11. The summed E-state index contributed by atoms with van der Waals surface area (Å²) in [5.74, 6) is 0.338. The van der Waals surface area contributed by atoms with E-state index in [1.54, 1.807) is 7.05 Å². The van der Waals surface area contributed by atoms with Crippen molar-refractivity contribution >= 4 is 15.7 Å². The number of aromatic nitrogens is 2. The fraction of sp³-hybridized carbons (Fsp3) is 0.400. The summed E-state index contributed by atoms with van der Waals surface area (Å²) in [5, 5.41) is 3.70. The van der Waals surface area contributed by atoms with Crippen LogP contribution < -0.4 is 5.73 Å². The van der Waals surface area contributed by atoms with E-state index in [-0.39, 0.29) is 5.03 Å². The summed E-state index contributed by atoms with van der Waals surface area (Å²) in [7, 11) is -1.63. The minimum absolute atomic E-state index is 0.0116. The molecule has 62 valence electrons. The quantitative estimate of drug-likeness (QED) is 0.618. The van der Waals surface area contributed by atoms with E-state index in [0.29, 0.717) is 5.82 Å². The summed E-state index contributed by atoms with van der Waals surface area (Å²) in [4.78, 5) is 0. The van der Waals surface area contributed by atoms with E-state index in [4.69, 9.17) is 5.73 Å². The lowest BCUT2D eigenvalue weighted by atomic mass is 10.7. The van der Waals surface area contributed by atoms with Gasteiger partial charge in [-0.25, -0.2) is 8.42 Å². The van der Waals surface area contributed by atoms with Crippen LogP contribution in [0.1, 0.15) is 0 Å². The van der Waals surface area contributed by atoms with E-state index < -0.39 is 9.84 Å². The Hall–Kier alpha value is -1.04. The highest BCUT2D eigenvalue weighted by molar-refractivity contribution is 7.90. The zero-order chi connectivity index (χ0) is 8.65. The first kappa shape index (κ1) is 8.06. The molecule has 0 radical (unpaired) electrons. The van der Waals surface area contributed by atoms with Crippen molar-refractivity contribution in [2.24, 2.45) is 7.05 Å². The number of aryl methyl sites for hydroxylation is 1. The molecule has 0 aliphatic heterocycles. The van der Waals surface area contributed by atoms with Gasteiger partial charge in [0.05, 0.1) is 0 Å². The summed E-state index contributed by atoms with van der Waals surface area (Å²) < 4.78 is 23.0. The maximum atomic E-state index is 10.9. The highest BCUT2D eigenvalue weighted by atomic mass is 32.2. The Morgan fingerprint density at radius 2 is 2.18 bits per heavy atom. The van der Waals surface area contributed by atoms with Crippen molar-refractivity contribution in [3.05, 3.63) is 6.07 Å². The Morgan fingerprint density at radius 1 is 1.64 bits per heavy atom. The van der Waals surface area contributed by atoms with Gasteiger partial charge < -0.3 is 5.73 Å². The van der Waals surface area contributed by atoms with Crippen molar-refractivity contribution in [3.63, 3.8) is 0 Å². The van der Waals surface area contributed by atoms with Crippen LogP contribution in [-0.4, -0.2) is 24.5 Å². The molecule has 11 heavy (non-hydrogen) atoms. The maximum Gasteiger partial charge on any atom is 0.194 e. The van der Waals surface area contributed by atoms with Gasteiger partial charge in [0.1, 0.15) is 5.82 Å². The lowest BCUT2D eigenvalue weighted by molar-refractivity contribution is 0.594. The predicted octanol–water partition coefficient (Wildman–Crippen LogP) is -0.594. The Kier molecular flexibility index (Phi) is 1.63. The number of nitrogen functional groups attached to an aromatic ring is 1. The van der Waals surface area contributed by atoms with Crippen molar-refractivity contribution in [1.82, 2.24) is 9.78 Å². The molecule has 0 unspecified atom stereocenters. The monoisotopic (exact) mass is 175 g/mol. The number of hydrogen-bond acceptors (Lipinski definition) is 4. The largest absolute Gasteiger partial charge is 0.384 e. The number of nitrogens with two attached hydrogens (primary N) is 1. The summed E-state index contributed by atoms with van der Waals surface area (Å²) in [6, 6.07) is 1.33. The van der Waals surface area contributed by atoms with Crippen molar-refractivity contribution < 1.29 is 8.42 Å². The first-order valence-corrected chi connectivity index (χ1v) is 4.80. The second kappa shape index (κ2) is 2.23. The summed E-state index contributed by atoms with van der Waals surface area (Å²) in [6.07, 6.45) is 1.09. The van der Waals surface area contributed by atoms with Gasteiger partial charge in [0.2, 0.25) is 0 Å². The number of anilines is 1. The van der Waals surface area contributed by atoms with Gasteiger partial charge in [-0.2, -0.15) is 5.10 Å². The van der Waals surface area contributed by atoms with Crippen LogP contribution in [0, 0.1) is 0 Å². The van der Waals surface area contributed by atoms with Crippen LogP contribution >= 0.6 is 0 Å². The molecule has 1 rings (SSSR count). The lowest BCUT2D eigenvalue weighted by Gasteiger charge is -1.89. The molecule has 0 aliphatic carbocycles. The number of rotatable bonds is 1. The molecule has 0 spiro atoms. The molecule has 0 aromatic carbocycles. The SMILES string of the molecule is Cn1nc(S(C)(=O)=O)cc1N. The highest BCUT2D eigenvalue weighted by Crippen LogP contribution is 2.09. The average Bonchev–Trinajstić information content (AvgIpc) is 2.11. The Labute approximate surface area is 64.7 Å². The zero-order valence-electron chi connectivity index (χ0n) is 6.27. The Morgan fingerprint density at radius 3 is 2.36 bits per heavy atom. The molecule has 1 heterocycles. The third-order valence-electron chi connectivity index (χ3n) is 1.27.